The molecule has 0 radical (unpaired) electrons. The maximum Gasteiger partial charge on any atom is 0.261 e. The van der Waals surface area contributed by atoms with E-state index in [1.54, 1.807) is 0 Å². The first-order valence-corrected chi connectivity index (χ1v) is 13.0. The Balaban J connectivity index is 1.41. The van der Waals surface area contributed by atoms with E-state index < -0.39 is 11.8 Å². The zero-order valence-electron chi connectivity index (χ0n) is 21.0. The topological polar surface area (TPSA) is 75.4 Å². The molecule has 8 nitrogen and oxygen atoms in total. The fourth-order valence-electron chi connectivity index (χ4n) is 5.50. The predicted octanol–water partition coefficient (Wildman–Crippen LogP) is 3.39. The summed E-state index contributed by atoms with van der Waals surface area (Å²) in [6.07, 6.45) is 2.83. The zero-order valence-corrected chi connectivity index (χ0v) is 21.8. The number of aryl methyl sites for hydroxylation is 2. The third-order valence-electron chi connectivity index (χ3n) is 7.49. The number of rotatable bonds is 6. The molecule has 0 aliphatic carbocycles. The van der Waals surface area contributed by atoms with E-state index in [-0.39, 0.29) is 0 Å². The molecule has 37 heavy (non-hydrogen) atoms. The van der Waals surface area contributed by atoms with Gasteiger partial charge in [-0.05, 0) is 44.3 Å². The molecule has 2 aliphatic rings. The molecule has 1 saturated heterocycles. The molecular weight excluding hydrogens is 488 g/mol. The molecule has 2 aliphatic heterocycles. The molecule has 190 valence electrons. The Kier molecular flexibility index (Phi) is 6.10. The van der Waals surface area contributed by atoms with Gasteiger partial charge in [-0.2, -0.15) is 5.10 Å². The maximum atomic E-state index is 13.2. The normalized spacial score (nSPS) is 17.5. The van der Waals surface area contributed by atoms with Crippen molar-refractivity contribution in [1.82, 2.24) is 29.5 Å². The number of benzene rings is 2. The SMILES string of the molecule is CN1CCN(CCCn2nc(C3=C(c4cn(C)c5ccc(Cl)cc45)C(=O)NC3=O)c3ccccc32)CC1. The average Bonchev–Trinajstić information content (AvgIpc) is 3.50. The number of likely N-dealkylation sites (N-methyl/N-ethyl adjacent to an activating group) is 1. The van der Waals surface area contributed by atoms with E-state index in [2.05, 4.69) is 22.2 Å². The summed E-state index contributed by atoms with van der Waals surface area (Å²) in [6, 6.07) is 13.5. The van der Waals surface area contributed by atoms with Gasteiger partial charge in [0.1, 0.15) is 5.69 Å². The molecule has 0 unspecified atom stereocenters. The summed E-state index contributed by atoms with van der Waals surface area (Å²) in [5.41, 5.74) is 3.74. The highest BCUT2D eigenvalue weighted by Crippen LogP contribution is 2.38. The fourth-order valence-corrected chi connectivity index (χ4v) is 5.67. The lowest BCUT2D eigenvalue weighted by Crippen LogP contribution is -2.44. The van der Waals surface area contributed by atoms with Crippen LogP contribution in [0.2, 0.25) is 5.02 Å². The van der Waals surface area contributed by atoms with Crippen LogP contribution in [-0.2, 0) is 23.2 Å². The van der Waals surface area contributed by atoms with Gasteiger partial charge in [-0.25, -0.2) is 0 Å². The molecule has 0 saturated carbocycles. The Labute approximate surface area is 220 Å². The molecule has 4 aromatic rings. The van der Waals surface area contributed by atoms with Crippen molar-refractivity contribution in [2.75, 3.05) is 39.8 Å². The first-order chi connectivity index (χ1) is 17.9. The van der Waals surface area contributed by atoms with Crippen molar-refractivity contribution in [2.45, 2.75) is 13.0 Å². The van der Waals surface area contributed by atoms with Crippen LogP contribution in [-0.4, -0.2) is 75.7 Å². The Morgan fingerprint density at radius 2 is 1.65 bits per heavy atom. The van der Waals surface area contributed by atoms with Crippen LogP contribution in [0.3, 0.4) is 0 Å². The minimum Gasteiger partial charge on any atom is -0.350 e. The monoisotopic (exact) mass is 516 g/mol. The van der Waals surface area contributed by atoms with Gasteiger partial charge >= 0.3 is 0 Å². The molecule has 9 heteroatoms. The Bertz CT molecular complexity index is 1570. The average molecular weight is 517 g/mol. The molecule has 0 bridgehead atoms. The Morgan fingerprint density at radius 3 is 2.46 bits per heavy atom. The number of halogens is 1. The molecule has 0 spiro atoms. The first-order valence-electron chi connectivity index (χ1n) is 12.6. The number of hydrogen-bond acceptors (Lipinski definition) is 5. The van der Waals surface area contributed by atoms with E-state index in [0.717, 1.165) is 67.5 Å². The molecule has 2 aromatic carbocycles. The van der Waals surface area contributed by atoms with Gasteiger partial charge in [0.15, 0.2) is 0 Å². The lowest BCUT2D eigenvalue weighted by Gasteiger charge is -2.32. The highest BCUT2D eigenvalue weighted by molar-refractivity contribution is 6.50. The van der Waals surface area contributed by atoms with Crippen LogP contribution in [0.4, 0.5) is 0 Å². The van der Waals surface area contributed by atoms with Gasteiger partial charge in [0.2, 0.25) is 0 Å². The van der Waals surface area contributed by atoms with Crippen LogP contribution >= 0.6 is 11.6 Å². The second kappa shape index (κ2) is 9.45. The smallest absolute Gasteiger partial charge is 0.261 e. The molecule has 1 N–H and O–H groups in total. The number of hydrogen-bond donors (Lipinski definition) is 1. The van der Waals surface area contributed by atoms with Crippen molar-refractivity contribution in [3.05, 3.63) is 64.9 Å². The first kappa shape index (κ1) is 23.9. The fraction of sp³-hybridized carbons (Fsp3) is 0.321. The van der Waals surface area contributed by atoms with E-state index >= 15 is 0 Å². The maximum absolute atomic E-state index is 13.2. The minimum atomic E-state index is -0.424. The summed E-state index contributed by atoms with van der Waals surface area (Å²) in [6.45, 7) is 6.07. The molecule has 0 atom stereocenters. The minimum absolute atomic E-state index is 0.312. The van der Waals surface area contributed by atoms with Gasteiger partial charge in [-0.1, -0.05) is 29.8 Å². The van der Waals surface area contributed by atoms with Crippen molar-refractivity contribution in [3.63, 3.8) is 0 Å². The zero-order chi connectivity index (χ0) is 25.7. The summed E-state index contributed by atoms with van der Waals surface area (Å²) >= 11 is 6.30. The van der Waals surface area contributed by atoms with Crippen LogP contribution < -0.4 is 5.32 Å². The summed E-state index contributed by atoms with van der Waals surface area (Å²) in [5, 5.41) is 9.68. The van der Waals surface area contributed by atoms with Crippen LogP contribution in [0.5, 0.6) is 0 Å². The lowest BCUT2D eigenvalue weighted by atomic mass is 9.97. The highest BCUT2D eigenvalue weighted by Gasteiger charge is 2.36. The van der Waals surface area contributed by atoms with Gasteiger partial charge in [0.25, 0.3) is 11.8 Å². The Morgan fingerprint density at radius 1 is 0.892 bits per heavy atom. The number of piperazine rings is 1. The van der Waals surface area contributed by atoms with Crippen LogP contribution in [0.25, 0.3) is 33.0 Å². The van der Waals surface area contributed by atoms with Crippen molar-refractivity contribution >= 4 is 56.4 Å². The number of nitrogens with zero attached hydrogens (tertiary/aromatic N) is 5. The number of imide groups is 1. The second-order valence-corrected chi connectivity index (χ2v) is 10.4. The van der Waals surface area contributed by atoms with Crippen molar-refractivity contribution in [1.29, 1.82) is 0 Å². The Hall–Kier alpha value is -3.46. The molecule has 2 aromatic heterocycles. The largest absolute Gasteiger partial charge is 0.350 e. The van der Waals surface area contributed by atoms with E-state index in [4.69, 9.17) is 16.7 Å². The van der Waals surface area contributed by atoms with Crippen LogP contribution in [0, 0.1) is 0 Å². The lowest BCUT2D eigenvalue weighted by molar-refractivity contribution is -0.122. The predicted molar refractivity (Wildman–Crippen MR) is 146 cm³/mol. The van der Waals surface area contributed by atoms with Gasteiger partial charge in [-0.15, -0.1) is 0 Å². The van der Waals surface area contributed by atoms with Gasteiger partial charge in [-0.3, -0.25) is 19.6 Å². The molecular formula is C28H29ClN6O2. The quantitative estimate of drug-likeness (QED) is 0.398. The van der Waals surface area contributed by atoms with Gasteiger partial charge in [0, 0.05) is 72.8 Å². The van der Waals surface area contributed by atoms with Crippen molar-refractivity contribution in [2.24, 2.45) is 7.05 Å². The van der Waals surface area contributed by atoms with Crippen molar-refractivity contribution < 1.29 is 9.59 Å². The third kappa shape index (κ3) is 4.25. The number of carbonyl (C=O) groups excluding carboxylic acids is 2. The number of carbonyl (C=O) groups is 2. The molecule has 4 heterocycles. The van der Waals surface area contributed by atoms with Crippen molar-refractivity contribution in [3.8, 4) is 0 Å². The van der Waals surface area contributed by atoms with E-state index in [1.165, 1.54) is 0 Å². The molecule has 1 fully saturated rings. The standard InChI is InChI=1S/C28H29ClN6O2/c1-32-12-14-34(15-13-32)10-5-11-35-23-7-4-3-6-19(23)26(31-35)25-24(27(36)30-28(25)37)21-17-33(2)22-9-8-18(29)16-20(21)22/h3-4,6-9,16-17H,5,10-15H2,1-2H3,(H,30,36,37). The van der Waals surface area contributed by atoms with Crippen LogP contribution in [0.15, 0.2) is 48.7 Å². The summed E-state index contributed by atoms with van der Waals surface area (Å²) < 4.78 is 3.91. The second-order valence-electron chi connectivity index (χ2n) is 9.94. The summed E-state index contributed by atoms with van der Waals surface area (Å²) in [5.74, 6) is -0.840. The van der Waals surface area contributed by atoms with E-state index in [9.17, 15) is 9.59 Å². The summed E-state index contributed by atoms with van der Waals surface area (Å²) in [4.78, 5) is 31.2. The number of aromatic nitrogens is 3. The number of fused-ring (bicyclic) bond motifs is 2. The van der Waals surface area contributed by atoms with E-state index in [1.807, 2.05) is 65.0 Å². The number of amides is 2. The van der Waals surface area contributed by atoms with Crippen LogP contribution in [0.1, 0.15) is 17.7 Å². The number of para-hydroxylation sites is 1. The molecule has 2 amide bonds. The highest BCUT2D eigenvalue weighted by atomic mass is 35.5. The number of nitrogens with one attached hydrogen (secondary N) is 1. The summed E-state index contributed by atoms with van der Waals surface area (Å²) in [7, 11) is 4.08. The van der Waals surface area contributed by atoms with Gasteiger partial charge in [0.05, 0.1) is 16.7 Å². The molecule has 6 rings (SSSR count). The third-order valence-corrected chi connectivity index (χ3v) is 7.72. The van der Waals surface area contributed by atoms with E-state index in [0.29, 0.717) is 27.4 Å². The van der Waals surface area contributed by atoms with Gasteiger partial charge < -0.3 is 14.4 Å².